The van der Waals surface area contributed by atoms with Crippen LogP contribution in [0, 0.1) is 23.5 Å². The Morgan fingerprint density at radius 1 is 1.06 bits per heavy atom. The van der Waals surface area contributed by atoms with Crippen molar-refractivity contribution in [3.05, 3.63) is 52.9 Å². The van der Waals surface area contributed by atoms with E-state index in [1.807, 2.05) is 16.8 Å². The Hall–Kier alpha value is -3.40. The number of halogens is 2. The smallest absolute Gasteiger partial charge is 0.202 e. The molecule has 3 aliphatic carbocycles. The van der Waals surface area contributed by atoms with Crippen LogP contribution in [0.15, 0.2) is 41.2 Å². The van der Waals surface area contributed by atoms with Crippen molar-refractivity contribution >= 4 is 17.2 Å². The Morgan fingerprint density at radius 3 is 2.65 bits per heavy atom. The van der Waals surface area contributed by atoms with Gasteiger partial charge in [-0.15, -0.1) is 5.10 Å². The first-order valence-electron chi connectivity index (χ1n) is 11.3. The second-order valence-electron chi connectivity index (χ2n) is 8.97. The van der Waals surface area contributed by atoms with Gasteiger partial charge in [0, 0.05) is 11.8 Å². The average molecular weight is 481 g/mol. The molecule has 34 heavy (non-hydrogen) atoms. The summed E-state index contributed by atoms with van der Waals surface area (Å²) < 4.78 is 37.4. The first-order chi connectivity index (χ1) is 16.6. The van der Waals surface area contributed by atoms with Crippen LogP contribution in [-0.2, 0) is 0 Å². The molecule has 3 aromatic heterocycles. The predicted molar refractivity (Wildman–Crippen MR) is 125 cm³/mol. The highest BCUT2D eigenvalue weighted by molar-refractivity contribution is 7.08. The van der Waals surface area contributed by atoms with Crippen LogP contribution in [0.5, 0.6) is 5.75 Å². The van der Waals surface area contributed by atoms with E-state index in [0.717, 1.165) is 35.1 Å². The van der Waals surface area contributed by atoms with Crippen LogP contribution in [-0.4, -0.2) is 31.3 Å². The standard InChI is InChI=1S/C24H22F2N6OS/c25-21-18(5-6-19(22(21)26)33-20-9-13-1-3-14(20)4-2-13)32-24(29-30-31-32)17-10-16(11-28-23(17)27)15-7-8-34-12-15/h5-8,10-14,20H,1-4,9H2,(H2,27,28). The zero-order chi connectivity index (χ0) is 23.2. The lowest BCUT2D eigenvalue weighted by Crippen LogP contribution is -2.39. The van der Waals surface area contributed by atoms with Crippen molar-refractivity contribution < 1.29 is 13.5 Å². The molecule has 3 fully saturated rings. The molecule has 174 valence electrons. The van der Waals surface area contributed by atoms with Gasteiger partial charge in [0.2, 0.25) is 5.82 Å². The number of nitrogen functional groups attached to an aromatic ring is 1. The van der Waals surface area contributed by atoms with Crippen molar-refractivity contribution in [3.63, 3.8) is 0 Å². The minimum atomic E-state index is -1.08. The van der Waals surface area contributed by atoms with Crippen LogP contribution in [0.4, 0.5) is 14.6 Å². The van der Waals surface area contributed by atoms with Crippen molar-refractivity contribution in [2.24, 2.45) is 11.8 Å². The fraction of sp³-hybridized carbons (Fsp3) is 0.333. The van der Waals surface area contributed by atoms with Gasteiger partial charge >= 0.3 is 0 Å². The fourth-order valence-electron chi connectivity index (χ4n) is 5.16. The summed E-state index contributed by atoms with van der Waals surface area (Å²) >= 11 is 1.56. The van der Waals surface area contributed by atoms with E-state index < -0.39 is 11.6 Å². The van der Waals surface area contributed by atoms with Gasteiger partial charge in [0.15, 0.2) is 17.4 Å². The quantitative estimate of drug-likeness (QED) is 0.418. The lowest BCUT2D eigenvalue weighted by molar-refractivity contribution is 0.0174. The van der Waals surface area contributed by atoms with Crippen LogP contribution in [0.25, 0.3) is 28.2 Å². The maximum atomic E-state index is 15.2. The lowest BCUT2D eigenvalue weighted by Gasteiger charge is -2.42. The maximum absolute atomic E-state index is 15.2. The Morgan fingerprint density at radius 2 is 1.91 bits per heavy atom. The van der Waals surface area contributed by atoms with E-state index in [0.29, 0.717) is 17.4 Å². The third-order valence-corrected chi connectivity index (χ3v) is 7.68. The molecule has 3 aliphatic rings. The van der Waals surface area contributed by atoms with Crippen LogP contribution >= 0.6 is 11.3 Å². The summed E-state index contributed by atoms with van der Waals surface area (Å²) in [7, 11) is 0. The molecule has 3 saturated carbocycles. The highest BCUT2D eigenvalue weighted by Gasteiger charge is 2.37. The summed E-state index contributed by atoms with van der Waals surface area (Å²) in [6, 6.07) is 6.62. The zero-order valence-corrected chi connectivity index (χ0v) is 19.0. The summed E-state index contributed by atoms with van der Waals surface area (Å²) in [4.78, 5) is 4.25. The van der Waals surface area contributed by atoms with Crippen molar-refractivity contribution in [1.29, 1.82) is 0 Å². The minimum Gasteiger partial charge on any atom is -0.487 e. The van der Waals surface area contributed by atoms with Gasteiger partial charge in [-0.1, -0.05) is 0 Å². The van der Waals surface area contributed by atoms with Gasteiger partial charge in [-0.2, -0.15) is 20.4 Å². The van der Waals surface area contributed by atoms with Crippen molar-refractivity contribution in [2.45, 2.75) is 38.2 Å². The number of tetrazole rings is 1. The van der Waals surface area contributed by atoms with Gasteiger partial charge in [0.1, 0.15) is 17.6 Å². The Kier molecular flexibility index (Phi) is 5.24. The molecule has 4 aromatic rings. The number of nitrogens with zero attached hydrogens (tertiary/aromatic N) is 5. The van der Waals surface area contributed by atoms with Crippen LogP contribution in [0.1, 0.15) is 32.1 Å². The third-order valence-electron chi connectivity index (χ3n) is 7.00. The second kappa shape index (κ2) is 8.43. The number of fused-ring (bicyclic) bond motifs is 3. The summed E-state index contributed by atoms with van der Waals surface area (Å²) in [6.45, 7) is 0. The molecule has 0 saturated heterocycles. The molecule has 0 amide bonds. The number of anilines is 1. The lowest BCUT2D eigenvalue weighted by atomic mass is 9.69. The monoisotopic (exact) mass is 480 g/mol. The molecule has 7 rings (SSSR count). The van der Waals surface area contributed by atoms with Crippen LogP contribution in [0.3, 0.4) is 0 Å². The largest absolute Gasteiger partial charge is 0.487 e. The molecule has 3 heterocycles. The van der Waals surface area contributed by atoms with E-state index in [9.17, 15) is 0 Å². The van der Waals surface area contributed by atoms with E-state index in [1.54, 1.807) is 23.6 Å². The number of benzene rings is 1. The number of rotatable bonds is 5. The van der Waals surface area contributed by atoms with Crippen LogP contribution in [0.2, 0.25) is 0 Å². The molecular formula is C24H22F2N6OS. The molecular weight excluding hydrogens is 458 g/mol. The molecule has 2 bridgehead atoms. The number of hydrogen-bond donors (Lipinski definition) is 1. The summed E-state index contributed by atoms with van der Waals surface area (Å²) in [5.41, 5.74) is 8.18. The molecule has 0 aliphatic heterocycles. The minimum absolute atomic E-state index is 0.0680. The normalized spacial score (nSPS) is 21.6. The number of ether oxygens (including phenoxy) is 1. The van der Waals surface area contributed by atoms with Crippen molar-refractivity contribution in [1.82, 2.24) is 25.2 Å². The predicted octanol–water partition coefficient (Wildman–Crippen LogP) is 5.27. The van der Waals surface area contributed by atoms with Gasteiger partial charge in [-0.3, -0.25) is 0 Å². The summed E-state index contributed by atoms with van der Waals surface area (Å²) in [6.07, 6.45) is 7.07. The molecule has 1 aromatic carbocycles. The van der Waals surface area contributed by atoms with Crippen molar-refractivity contribution in [2.75, 3.05) is 5.73 Å². The Labute approximate surface area is 198 Å². The number of aromatic nitrogens is 5. The van der Waals surface area contributed by atoms with E-state index in [-0.39, 0.29) is 29.2 Å². The average Bonchev–Trinajstić information content (AvgIpc) is 3.56. The second-order valence-corrected chi connectivity index (χ2v) is 9.75. The number of hydrogen-bond acceptors (Lipinski definition) is 7. The van der Waals surface area contributed by atoms with E-state index in [1.165, 1.54) is 25.0 Å². The zero-order valence-electron chi connectivity index (χ0n) is 18.2. The van der Waals surface area contributed by atoms with Crippen LogP contribution < -0.4 is 10.5 Å². The Bertz CT molecular complexity index is 1330. The number of thiophene rings is 1. The fourth-order valence-corrected chi connectivity index (χ4v) is 5.82. The molecule has 0 spiro atoms. The first kappa shape index (κ1) is 21.2. The van der Waals surface area contributed by atoms with Gasteiger partial charge in [0.25, 0.3) is 0 Å². The van der Waals surface area contributed by atoms with E-state index in [4.69, 9.17) is 10.5 Å². The SMILES string of the molecule is Nc1ncc(-c2ccsc2)cc1-c1nnnn1-c1ccc(OC2CC3CCC2CC3)c(F)c1F. The van der Waals surface area contributed by atoms with Gasteiger partial charge in [-0.05, 0) is 95.0 Å². The highest BCUT2D eigenvalue weighted by atomic mass is 32.1. The molecule has 7 nitrogen and oxygen atoms in total. The molecule has 0 radical (unpaired) electrons. The van der Waals surface area contributed by atoms with E-state index >= 15 is 8.78 Å². The van der Waals surface area contributed by atoms with Crippen molar-refractivity contribution in [3.8, 4) is 34.0 Å². The topological polar surface area (TPSA) is 91.7 Å². The molecule has 2 N–H and O–H groups in total. The summed E-state index contributed by atoms with van der Waals surface area (Å²) in [5.74, 6) is -0.818. The number of pyridine rings is 1. The highest BCUT2D eigenvalue weighted by Crippen LogP contribution is 2.43. The van der Waals surface area contributed by atoms with E-state index in [2.05, 4.69) is 20.5 Å². The maximum Gasteiger partial charge on any atom is 0.202 e. The summed E-state index contributed by atoms with van der Waals surface area (Å²) in [5, 5.41) is 15.5. The molecule has 1 unspecified atom stereocenters. The molecule has 1 atom stereocenters. The van der Waals surface area contributed by atoms with Gasteiger partial charge < -0.3 is 10.5 Å². The number of nitrogens with two attached hydrogens (primary N) is 1. The molecule has 10 heteroatoms. The Balaban J connectivity index is 1.34. The first-order valence-corrected chi connectivity index (χ1v) is 12.2. The van der Waals surface area contributed by atoms with Gasteiger partial charge in [0.05, 0.1) is 5.56 Å². The third kappa shape index (κ3) is 3.62. The van der Waals surface area contributed by atoms with Gasteiger partial charge in [-0.25, -0.2) is 9.37 Å².